The quantitative estimate of drug-likeness (QED) is 0.621. The summed E-state index contributed by atoms with van der Waals surface area (Å²) in [6, 6.07) is 5.73. The van der Waals surface area contributed by atoms with Crippen molar-refractivity contribution in [1.82, 2.24) is 19.4 Å². The Morgan fingerprint density at radius 2 is 2.15 bits per heavy atom. The van der Waals surface area contributed by atoms with Gasteiger partial charge in [-0.05, 0) is 24.3 Å². The number of imidazole rings is 1. The number of hydrogen-bond acceptors (Lipinski definition) is 4. The summed E-state index contributed by atoms with van der Waals surface area (Å²) in [6.45, 7) is -5.89. The van der Waals surface area contributed by atoms with Crippen molar-refractivity contribution >= 4 is 28.7 Å². The third kappa shape index (κ3) is 2.26. The number of benzene rings is 1. The van der Waals surface area contributed by atoms with Crippen LogP contribution < -0.4 is 4.74 Å². The molecule has 0 N–H and O–H groups in total. The highest BCUT2D eigenvalue weighted by Gasteiger charge is 2.45. The van der Waals surface area contributed by atoms with Gasteiger partial charge in [-0.15, -0.1) is 0 Å². The Balaban J connectivity index is 1.85. The molecule has 0 fully saturated rings. The van der Waals surface area contributed by atoms with Crippen LogP contribution in [0.4, 0.5) is 8.78 Å². The number of hydrogen-bond donors (Lipinski definition) is 0. The Hall–Kier alpha value is -2.74. The second-order valence-corrected chi connectivity index (χ2v) is 6.74. The van der Waals surface area contributed by atoms with Crippen molar-refractivity contribution in [2.45, 2.75) is 25.1 Å². The van der Waals surface area contributed by atoms with Crippen molar-refractivity contribution in [1.29, 1.82) is 0 Å². The van der Waals surface area contributed by atoms with Gasteiger partial charge < -0.3 is 14.2 Å². The fourth-order valence-corrected chi connectivity index (χ4v) is 4.09. The van der Waals surface area contributed by atoms with Crippen molar-refractivity contribution in [3.63, 3.8) is 0 Å². The lowest BCUT2D eigenvalue weighted by atomic mass is 9.98. The molecule has 1 amide bonds. The molecule has 0 radical (unpaired) electrons. The fraction of sp³-hybridized carbons (Fsp3) is 0.278. The predicted octanol–water partition coefficient (Wildman–Crippen LogP) is 3.81. The topological polar surface area (TPSA) is 60.3 Å². The van der Waals surface area contributed by atoms with E-state index >= 15 is 0 Å². The summed E-state index contributed by atoms with van der Waals surface area (Å²) in [5.41, 5.74) is 1.01. The highest BCUT2D eigenvalue weighted by Crippen LogP contribution is 2.49. The number of halogens is 3. The lowest BCUT2D eigenvalue weighted by Gasteiger charge is -2.24. The van der Waals surface area contributed by atoms with Gasteiger partial charge in [0.1, 0.15) is 22.2 Å². The van der Waals surface area contributed by atoms with Crippen LogP contribution in [-0.2, 0) is 0 Å². The van der Waals surface area contributed by atoms with E-state index in [1.807, 2.05) is 0 Å². The highest BCUT2D eigenvalue weighted by atomic mass is 35.5. The van der Waals surface area contributed by atoms with Crippen LogP contribution in [0, 0.1) is 0 Å². The van der Waals surface area contributed by atoms with Crippen molar-refractivity contribution < 1.29 is 22.4 Å². The molecule has 2 aliphatic rings. The van der Waals surface area contributed by atoms with E-state index in [1.165, 1.54) is 18.2 Å². The molecule has 2 atom stereocenters. The average Bonchev–Trinajstić information content (AvgIpc) is 3.13. The predicted molar refractivity (Wildman–Crippen MR) is 93.2 cm³/mol. The first kappa shape index (κ1) is 13.4. The van der Waals surface area contributed by atoms with Gasteiger partial charge in [-0.2, -0.15) is 8.78 Å². The lowest BCUT2D eigenvalue weighted by molar-refractivity contribution is -0.0507. The van der Waals surface area contributed by atoms with Gasteiger partial charge in [-0.3, -0.25) is 4.79 Å². The maximum absolute atomic E-state index is 13.2. The lowest BCUT2D eigenvalue weighted by Crippen LogP contribution is -2.30. The van der Waals surface area contributed by atoms with E-state index in [0.717, 1.165) is 4.90 Å². The first-order valence-corrected chi connectivity index (χ1v) is 8.50. The third-order valence-electron chi connectivity index (χ3n) is 4.96. The molecule has 6 nitrogen and oxygen atoms in total. The maximum Gasteiger partial charge on any atom is 0.387 e. The van der Waals surface area contributed by atoms with E-state index in [0.29, 0.717) is 17.0 Å². The van der Waals surface area contributed by atoms with Crippen LogP contribution >= 0.6 is 11.6 Å². The Labute approximate surface area is 161 Å². The monoisotopic (exact) mass is 393 g/mol. The summed E-state index contributed by atoms with van der Waals surface area (Å²) in [4.78, 5) is 22.8. The van der Waals surface area contributed by atoms with E-state index < -0.39 is 31.6 Å². The smallest absolute Gasteiger partial charge is 0.387 e. The molecule has 138 valence electrons. The van der Waals surface area contributed by atoms with Gasteiger partial charge in [0.05, 0.1) is 12.1 Å². The van der Waals surface area contributed by atoms with E-state index in [9.17, 15) is 13.6 Å². The van der Waals surface area contributed by atoms with Crippen LogP contribution in [0.2, 0.25) is 5.15 Å². The number of fused-ring (bicyclic) bond motifs is 9. The standard InChI is InChI=1S/C18H13ClF2N4O2/c1-24-11-7-10(25-15-9(22-16(11)25)5-6-13(19)23-15)14-8(17(24)26)3-2-4-12(14)27-18(20)21/h2-6,10-11,18H,7H2,1H3/t10-,11+/m1/s1/i1D3. The molecule has 2 bridgehead atoms. The number of alkyl halides is 2. The zero-order chi connectivity index (χ0) is 21.4. The van der Waals surface area contributed by atoms with Gasteiger partial charge in [0.25, 0.3) is 5.91 Å². The highest BCUT2D eigenvalue weighted by molar-refractivity contribution is 6.29. The van der Waals surface area contributed by atoms with E-state index in [2.05, 4.69) is 9.97 Å². The van der Waals surface area contributed by atoms with E-state index in [-0.39, 0.29) is 28.5 Å². The Morgan fingerprint density at radius 1 is 1.30 bits per heavy atom. The Kier molecular flexibility index (Phi) is 2.80. The first-order chi connectivity index (χ1) is 14.2. The molecule has 0 aliphatic carbocycles. The van der Waals surface area contributed by atoms with Crippen molar-refractivity contribution in [2.75, 3.05) is 6.98 Å². The Morgan fingerprint density at radius 3 is 2.93 bits per heavy atom. The van der Waals surface area contributed by atoms with Gasteiger partial charge in [0.2, 0.25) is 0 Å². The van der Waals surface area contributed by atoms with Gasteiger partial charge >= 0.3 is 6.61 Å². The fourth-order valence-electron chi connectivity index (χ4n) is 3.95. The summed E-state index contributed by atoms with van der Waals surface area (Å²) in [7, 11) is 0. The summed E-state index contributed by atoms with van der Waals surface area (Å²) >= 11 is 6.05. The number of aromatic nitrogens is 3. The number of carbonyl (C=O) groups is 1. The molecule has 27 heavy (non-hydrogen) atoms. The molecule has 2 aromatic heterocycles. The average molecular weight is 394 g/mol. The second kappa shape index (κ2) is 5.63. The molecule has 3 aromatic rings. The van der Waals surface area contributed by atoms with Gasteiger partial charge in [0, 0.05) is 28.6 Å². The summed E-state index contributed by atoms with van der Waals surface area (Å²) in [5.74, 6) is -0.669. The SMILES string of the molecule is [2H]C([2H])([2H])N1C(=O)c2cccc(OC(F)F)c2[C@H]2C[C@H]1c1nc3ccc(Cl)nc3n12. The Bertz CT molecular complexity index is 1200. The number of ether oxygens (including phenoxy) is 1. The summed E-state index contributed by atoms with van der Waals surface area (Å²) < 4.78 is 56.3. The number of carbonyl (C=O) groups excluding carboxylic acids is 1. The molecule has 4 heterocycles. The van der Waals surface area contributed by atoms with Crippen molar-refractivity contribution in [3.8, 4) is 5.75 Å². The van der Waals surface area contributed by atoms with Gasteiger partial charge in [-0.25, -0.2) is 9.97 Å². The molecular formula is C18H13ClF2N4O2. The van der Waals surface area contributed by atoms with Crippen LogP contribution in [-0.4, -0.2) is 38.9 Å². The number of nitrogens with zero attached hydrogens (tertiary/aromatic N) is 4. The molecule has 0 saturated heterocycles. The van der Waals surface area contributed by atoms with Crippen LogP contribution in [0.25, 0.3) is 11.2 Å². The molecule has 0 unspecified atom stereocenters. The van der Waals surface area contributed by atoms with Crippen LogP contribution in [0.15, 0.2) is 30.3 Å². The molecule has 0 spiro atoms. The maximum atomic E-state index is 13.2. The van der Waals surface area contributed by atoms with E-state index in [1.54, 1.807) is 16.7 Å². The van der Waals surface area contributed by atoms with Crippen LogP contribution in [0.3, 0.4) is 0 Å². The van der Waals surface area contributed by atoms with Gasteiger partial charge in [0.15, 0.2) is 5.65 Å². The van der Waals surface area contributed by atoms with Crippen LogP contribution in [0.5, 0.6) is 5.75 Å². The molecule has 0 saturated carbocycles. The minimum absolute atomic E-state index is 0.00805. The summed E-state index contributed by atoms with van der Waals surface area (Å²) in [5, 5.41) is 0.200. The molecule has 5 rings (SSSR count). The minimum atomic E-state index is -3.11. The zero-order valence-electron chi connectivity index (χ0n) is 16.6. The second-order valence-electron chi connectivity index (χ2n) is 6.36. The van der Waals surface area contributed by atoms with Crippen molar-refractivity contribution in [2.24, 2.45) is 0 Å². The van der Waals surface area contributed by atoms with Crippen LogP contribution in [0.1, 0.15) is 44.4 Å². The zero-order valence-corrected chi connectivity index (χ0v) is 14.3. The first-order valence-electron chi connectivity index (χ1n) is 9.62. The molecule has 9 heteroatoms. The molecule has 1 aromatic carbocycles. The van der Waals surface area contributed by atoms with E-state index in [4.69, 9.17) is 20.5 Å². The number of pyridine rings is 1. The minimum Gasteiger partial charge on any atom is -0.434 e. The van der Waals surface area contributed by atoms with Crippen molar-refractivity contribution in [3.05, 3.63) is 52.4 Å². The number of amides is 1. The normalized spacial score (nSPS) is 22.9. The third-order valence-corrected chi connectivity index (χ3v) is 5.17. The molecule has 2 aliphatic heterocycles. The number of rotatable bonds is 2. The van der Waals surface area contributed by atoms with Gasteiger partial charge in [-0.1, -0.05) is 17.7 Å². The summed E-state index contributed by atoms with van der Waals surface area (Å²) in [6.07, 6.45) is 0.132. The largest absolute Gasteiger partial charge is 0.434 e. The molecular weight excluding hydrogens is 378 g/mol.